The van der Waals surface area contributed by atoms with Crippen LogP contribution in [0.25, 0.3) is 0 Å². The second-order valence-corrected chi connectivity index (χ2v) is 6.70. The molecular weight excluding hydrogens is 300 g/mol. The maximum absolute atomic E-state index is 3.76. The third-order valence-corrected chi connectivity index (χ3v) is 4.77. The van der Waals surface area contributed by atoms with E-state index >= 15 is 0 Å². The lowest BCUT2D eigenvalue weighted by molar-refractivity contribution is 0.687. The van der Waals surface area contributed by atoms with Crippen molar-refractivity contribution >= 4 is 21.6 Å². The van der Waals surface area contributed by atoms with E-state index in [2.05, 4.69) is 44.3 Å². The molecule has 1 saturated heterocycles. The Hall–Kier alpha value is -0.540. The Balaban J connectivity index is 1.66. The Morgan fingerprint density at radius 2 is 1.84 bits per heavy atom. The van der Waals surface area contributed by atoms with Gasteiger partial charge in [0.1, 0.15) is 0 Å². The molecule has 19 heavy (non-hydrogen) atoms. The van der Waals surface area contributed by atoms with E-state index in [1.807, 2.05) is 0 Å². The molecule has 1 aliphatic heterocycles. The number of rotatable bonds is 4. The number of nitrogens with zero attached hydrogens (tertiary/aromatic N) is 1. The topological polar surface area (TPSA) is 15.3 Å². The van der Waals surface area contributed by atoms with Crippen LogP contribution in [-0.4, -0.2) is 19.1 Å². The molecule has 0 aromatic heterocycles. The first kappa shape index (κ1) is 13.4. The fraction of sp³-hybridized carbons (Fsp3) is 0.625. The monoisotopic (exact) mass is 322 g/mol. The van der Waals surface area contributed by atoms with Gasteiger partial charge in [0.05, 0.1) is 5.69 Å². The highest BCUT2D eigenvalue weighted by atomic mass is 79.9. The number of hydrogen-bond donors (Lipinski definition) is 1. The summed E-state index contributed by atoms with van der Waals surface area (Å²) in [5.41, 5.74) is 2.76. The van der Waals surface area contributed by atoms with Crippen LogP contribution in [0.4, 0.5) is 5.69 Å². The van der Waals surface area contributed by atoms with Crippen molar-refractivity contribution in [2.24, 2.45) is 0 Å². The molecule has 0 unspecified atom stereocenters. The van der Waals surface area contributed by atoms with E-state index in [1.165, 1.54) is 67.3 Å². The van der Waals surface area contributed by atoms with Crippen molar-refractivity contribution < 1.29 is 0 Å². The maximum atomic E-state index is 3.76. The second-order valence-electron chi connectivity index (χ2n) is 5.84. The predicted octanol–water partition coefficient (Wildman–Crippen LogP) is 4.08. The standard InChI is InChI=1S/C16H23BrN2/c17-15-11-13(12-18-14-6-7-14)5-8-16(15)19-9-3-1-2-4-10-19/h5,8,11,14,18H,1-4,6-7,9-10,12H2. The minimum absolute atomic E-state index is 0.782. The summed E-state index contributed by atoms with van der Waals surface area (Å²) in [7, 11) is 0. The van der Waals surface area contributed by atoms with Gasteiger partial charge in [0, 0.05) is 30.1 Å². The van der Waals surface area contributed by atoms with Crippen LogP contribution in [0.1, 0.15) is 44.1 Å². The van der Waals surface area contributed by atoms with Crippen molar-refractivity contribution in [2.75, 3.05) is 18.0 Å². The summed E-state index contributed by atoms with van der Waals surface area (Å²) in [6, 6.07) is 7.64. The van der Waals surface area contributed by atoms with E-state index in [-0.39, 0.29) is 0 Å². The van der Waals surface area contributed by atoms with Gasteiger partial charge in [0.25, 0.3) is 0 Å². The van der Waals surface area contributed by atoms with Crippen LogP contribution in [0.5, 0.6) is 0 Å². The van der Waals surface area contributed by atoms with Gasteiger partial charge in [-0.2, -0.15) is 0 Å². The Morgan fingerprint density at radius 1 is 1.11 bits per heavy atom. The van der Waals surface area contributed by atoms with Crippen molar-refractivity contribution in [3.05, 3.63) is 28.2 Å². The van der Waals surface area contributed by atoms with Crippen LogP contribution in [0.15, 0.2) is 22.7 Å². The SMILES string of the molecule is Brc1cc(CNC2CC2)ccc1N1CCCCCC1. The lowest BCUT2D eigenvalue weighted by Crippen LogP contribution is -2.24. The minimum Gasteiger partial charge on any atom is -0.371 e. The number of benzene rings is 1. The van der Waals surface area contributed by atoms with Crippen molar-refractivity contribution in [1.82, 2.24) is 5.32 Å². The molecule has 1 aliphatic carbocycles. The first-order chi connectivity index (χ1) is 9.33. The molecule has 2 aliphatic rings. The maximum Gasteiger partial charge on any atom is 0.0510 e. The van der Waals surface area contributed by atoms with Gasteiger partial charge in [-0.3, -0.25) is 0 Å². The highest BCUT2D eigenvalue weighted by molar-refractivity contribution is 9.10. The fourth-order valence-corrected chi connectivity index (χ4v) is 3.46. The summed E-state index contributed by atoms with van der Waals surface area (Å²) < 4.78 is 1.25. The molecule has 1 N–H and O–H groups in total. The molecule has 3 rings (SSSR count). The van der Waals surface area contributed by atoms with Crippen LogP contribution in [-0.2, 0) is 6.54 Å². The van der Waals surface area contributed by atoms with Gasteiger partial charge in [0.2, 0.25) is 0 Å². The van der Waals surface area contributed by atoms with Crippen LogP contribution < -0.4 is 10.2 Å². The number of hydrogen-bond acceptors (Lipinski definition) is 2. The Labute approximate surface area is 124 Å². The molecular formula is C16H23BrN2. The lowest BCUT2D eigenvalue weighted by Gasteiger charge is -2.24. The third kappa shape index (κ3) is 3.73. The molecule has 2 nitrogen and oxygen atoms in total. The van der Waals surface area contributed by atoms with Gasteiger partial charge in [-0.1, -0.05) is 18.9 Å². The van der Waals surface area contributed by atoms with Crippen molar-refractivity contribution in [1.29, 1.82) is 0 Å². The molecule has 1 heterocycles. The van der Waals surface area contributed by atoms with Crippen molar-refractivity contribution in [3.8, 4) is 0 Å². The van der Waals surface area contributed by atoms with Crippen LogP contribution in [0, 0.1) is 0 Å². The molecule has 1 saturated carbocycles. The Morgan fingerprint density at radius 3 is 2.47 bits per heavy atom. The Bertz CT molecular complexity index is 421. The molecule has 0 atom stereocenters. The number of anilines is 1. The summed E-state index contributed by atoms with van der Waals surface area (Å²) in [5.74, 6) is 0. The van der Waals surface area contributed by atoms with Crippen LogP contribution in [0.3, 0.4) is 0 Å². The first-order valence-corrected chi connectivity index (χ1v) is 8.39. The molecule has 2 fully saturated rings. The van der Waals surface area contributed by atoms with Gasteiger partial charge >= 0.3 is 0 Å². The number of halogens is 1. The normalized spacial score (nSPS) is 20.4. The van der Waals surface area contributed by atoms with Gasteiger partial charge in [-0.05, 0) is 59.3 Å². The zero-order chi connectivity index (χ0) is 13.1. The van der Waals surface area contributed by atoms with E-state index in [0.717, 1.165) is 12.6 Å². The zero-order valence-corrected chi connectivity index (χ0v) is 13.1. The first-order valence-electron chi connectivity index (χ1n) is 7.60. The third-order valence-electron chi connectivity index (χ3n) is 4.13. The van der Waals surface area contributed by atoms with Crippen molar-refractivity contribution in [3.63, 3.8) is 0 Å². The van der Waals surface area contributed by atoms with Crippen molar-refractivity contribution in [2.45, 2.75) is 51.1 Å². The second kappa shape index (κ2) is 6.27. The highest BCUT2D eigenvalue weighted by Crippen LogP contribution is 2.29. The van der Waals surface area contributed by atoms with E-state index < -0.39 is 0 Å². The molecule has 1 aromatic rings. The van der Waals surface area contributed by atoms with E-state index in [9.17, 15) is 0 Å². The van der Waals surface area contributed by atoms with Gasteiger partial charge < -0.3 is 10.2 Å². The molecule has 3 heteroatoms. The smallest absolute Gasteiger partial charge is 0.0510 e. The van der Waals surface area contributed by atoms with E-state index in [1.54, 1.807) is 0 Å². The molecule has 0 bridgehead atoms. The van der Waals surface area contributed by atoms with Gasteiger partial charge in [0.15, 0.2) is 0 Å². The summed E-state index contributed by atoms with van der Waals surface area (Å²) in [5, 5.41) is 3.57. The van der Waals surface area contributed by atoms with Gasteiger partial charge in [-0.25, -0.2) is 0 Å². The highest BCUT2D eigenvalue weighted by Gasteiger charge is 2.20. The summed E-state index contributed by atoms with van der Waals surface area (Å²) in [6.07, 6.45) is 8.14. The molecule has 0 radical (unpaired) electrons. The van der Waals surface area contributed by atoms with E-state index in [0.29, 0.717) is 0 Å². The van der Waals surface area contributed by atoms with E-state index in [4.69, 9.17) is 0 Å². The zero-order valence-electron chi connectivity index (χ0n) is 11.5. The molecule has 104 valence electrons. The average molecular weight is 323 g/mol. The summed E-state index contributed by atoms with van der Waals surface area (Å²) >= 11 is 3.76. The summed E-state index contributed by atoms with van der Waals surface area (Å²) in [4.78, 5) is 2.54. The fourth-order valence-electron chi connectivity index (χ4n) is 2.78. The summed E-state index contributed by atoms with van der Waals surface area (Å²) in [6.45, 7) is 3.42. The largest absolute Gasteiger partial charge is 0.371 e. The number of nitrogens with one attached hydrogen (secondary N) is 1. The predicted molar refractivity (Wildman–Crippen MR) is 84.7 cm³/mol. The Kier molecular flexibility index (Phi) is 4.44. The minimum atomic E-state index is 0.782. The molecule has 1 aromatic carbocycles. The van der Waals surface area contributed by atoms with Crippen LogP contribution >= 0.6 is 15.9 Å². The van der Waals surface area contributed by atoms with Gasteiger partial charge in [-0.15, -0.1) is 0 Å². The van der Waals surface area contributed by atoms with Crippen LogP contribution in [0.2, 0.25) is 0 Å². The quantitative estimate of drug-likeness (QED) is 0.898. The lowest BCUT2D eigenvalue weighted by atomic mass is 10.2. The molecule has 0 spiro atoms. The molecule has 0 amide bonds. The average Bonchev–Trinajstić information content (AvgIpc) is 3.24.